The Kier molecular flexibility index (Phi) is 3.14. The van der Waals surface area contributed by atoms with Gasteiger partial charge < -0.3 is 5.32 Å². The highest BCUT2D eigenvalue weighted by atomic mass is 14.9. The molecular weight excluding hydrogens is 194 g/mol. The molecule has 0 aromatic rings. The second-order valence-electron chi connectivity index (χ2n) is 5.77. The maximum atomic E-state index is 3.62. The van der Waals surface area contributed by atoms with Crippen LogP contribution in [0.1, 0.15) is 44.9 Å². The maximum absolute atomic E-state index is 3.62. The summed E-state index contributed by atoms with van der Waals surface area (Å²) in [6.07, 6.45) is 16.7. The summed E-state index contributed by atoms with van der Waals surface area (Å²) in [7, 11) is 0. The number of rotatable bonds is 3. The normalized spacial score (nSPS) is 38.2. The minimum absolute atomic E-state index is 0.853. The average Bonchev–Trinajstić information content (AvgIpc) is 2.77. The third-order valence-electron chi connectivity index (χ3n) is 4.59. The number of hydrogen-bond acceptors (Lipinski definition) is 1. The zero-order valence-corrected chi connectivity index (χ0v) is 10.1. The number of allylic oxidation sites excluding steroid dienone is 4. The molecule has 1 nitrogen and oxygen atoms in total. The summed E-state index contributed by atoms with van der Waals surface area (Å²) in [6, 6.07) is 0.853. The van der Waals surface area contributed by atoms with E-state index < -0.39 is 0 Å². The van der Waals surface area contributed by atoms with Crippen molar-refractivity contribution in [1.82, 2.24) is 5.32 Å². The predicted octanol–water partition coefficient (Wildman–Crippen LogP) is 3.43. The Labute approximate surface area is 99.0 Å². The summed E-state index contributed by atoms with van der Waals surface area (Å²) in [6.45, 7) is 1.26. The second kappa shape index (κ2) is 4.75. The van der Waals surface area contributed by atoms with Crippen LogP contribution < -0.4 is 5.32 Å². The molecule has 0 bridgehead atoms. The quantitative estimate of drug-likeness (QED) is 0.763. The summed E-state index contributed by atoms with van der Waals surface area (Å²) >= 11 is 0. The Morgan fingerprint density at radius 3 is 2.94 bits per heavy atom. The third kappa shape index (κ3) is 2.24. The molecule has 0 spiro atoms. The van der Waals surface area contributed by atoms with Crippen molar-refractivity contribution in [2.75, 3.05) is 6.54 Å². The second-order valence-corrected chi connectivity index (χ2v) is 5.77. The first-order valence-corrected chi connectivity index (χ1v) is 7.01. The van der Waals surface area contributed by atoms with Gasteiger partial charge in [0.1, 0.15) is 0 Å². The maximum Gasteiger partial charge on any atom is 0.00701 e. The molecule has 16 heavy (non-hydrogen) atoms. The highest BCUT2D eigenvalue weighted by molar-refractivity contribution is 5.21. The molecule has 1 saturated carbocycles. The van der Waals surface area contributed by atoms with Crippen LogP contribution >= 0.6 is 0 Å². The Morgan fingerprint density at radius 2 is 2.25 bits per heavy atom. The molecule has 3 rings (SSSR count). The van der Waals surface area contributed by atoms with Gasteiger partial charge in [0.25, 0.3) is 0 Å². The van der Waals surface area contributed by atoms with E-state index >= 15 is 0 Å². The highest BCUT2D eigenvalue weighted by Gasteiger charge is 2.33. The van der Waals surface area contributed by atoms with Crippen molar-refractivity contribution in [3.8, 4) is 0 Å². The van der Waals surface area contributed by atoms with Crippen LogP contribution in [0, 0.1) is 11.8 Å². The van der Waals surface area contributed by atoms with Crippen LogP contribution in [0.2, 0.25) is 0 Å². The summed E-state index contributed by atoms with van der Waals surface area (Å²) in [5, 5.41) is 3.62. The number of hydrogen-bond donors (Lipinski definition) is 1. The van der Waals surface area contributed by atoms with Gasteiger partial charge in [-0.15, -0.1) is 0 Å². The lowest BCUT2D eigenvalue weighted by molar-refractivity contribution is 0.194. The highest BCUT2D eigenvalue weighted by Crippen LogP contribution is 2.43. The lowest BCUT2D eigenvalue weighted by Gasteiger charge is -2.39. The number of nitrogens with one attached hydrogen (secondary N) is 1. The molecule has 1 heterocycles. The van der Waals surface area contributed by atoms with Crippen molar-refractivity contribution in [1.29, 1.82) is 0 Å². The molecule has 1 unspecified atom stereocenters. The van der Waals surface area contributed by atoms with Gasteiger partial charge in [-0.2, -0.15) is 0 Å². The standard InChI is InChI=1S/C15H23N/c1-2-5-13(6-3-1)14-9-12(10-14)11-15-7-4-8-16-15/h1-2,5,12,14-16H,3-4,6-11H2. The van der Waals surface area contributed by atoms with Crippen LogP contribution in [-0.2, 0) is 0 Å². The molecular formula is C15H23N. The molecule has 2 aliphatic carbocycles. The Morgan fingerprint density at radius 1 is 1.31 bits per heavy atom. The molecule has 1 saturated heterocycles. The molecule has 1 atom stereocenters. The van der Waals surface area contributed by atoms with Gasteiger partial charge in [-0.25, -0.2) is 0 Å². The topological polar surface area (TPSA) is 12.0 Å². The molecule has 2 fully saturated rings. The Balaban J connectivity index is 1.43. The lowest BCUT2D eigenvalue weighted by atomic mass is 9.67. The van der Waals surface area contributed by atoms with Crippen LogP contribution in [0.3, 0.4) is 0 Å². The molecule has 88 valence electrons. The molecule has 0 radical (unpaired) electrons. The molecule has 0 aromatic carbocycles. The molecule has 1 aliphatic heterocycles. The van der Waals surface area contributed by atoms with Crippen molar-refractivity contribution in [3.63, 3.8) is 0 Å². The summed E-state index contributed by atoms with van der Waals surface area (Å²) in [5.74, 6) is 1.96. The lowest BCUT2D eigenvalue weighted by Crippen LogP contribution is -2.32. The molecule has 0 aromatic heterocycles. The van der Waals surface area contributed by atoms with Gasteiger partial charge in [-0.05, 0) is 63.3 Å². The monoisotopic (exact) mass is 217 g/mol. The van der Waals surface area contributed by atoms with E-state index in [9.17, 15) is 0 Å². The van der Waals surface area contributed by atoms with Crippen molar-refractivity contribution in [2.24, 2.45) is 11.8 Å². The first-order chi connectivity index (χ1) is 7.92. The molecule has 3 aliphatic rings. The molecule has 0 amide bonds. The van der Waals surface area contributed by atoms with Gasteiger partial charge in [0, 0.05) is 6.04 Å². The zero-order chi connectivity index (χ0) is 10.8. The van der Waals surface area contributed by atoms with E-state index in [1.807, 2.05) is 0 Å². The molecule has 1 N–H and O–H groups in total. The van der Waals surface area contributed by atoms with Gasteiger partial charge in [0.05, 0.1) is 0 Å². The van der Waals surface area contributed by atoms with Gasteiger partial charge in [-0.1, -0.05) is 23.8 Å². The van der Waals surface area contributed by atoms with Gasteiger partial charge in [0.15, 0.2) is 0 Å². The van der Waals surface area contributed by atoms with E-state index in [1.54, 1.807) is 5.57 Å². The first-order valence-electron chi connectivity index (χ1n) is 7.01. The Hall–Kier alpha value is -0.560. The summed E-state index contributed by atoms with van der Waals surface area (Å²) < 4.78 is 0. The third-order valence-corrected chi connectivity index (χ3v) is 4.59. The van der Waals surface area contributed by atoms with E-state index in [2.05, 4.69) is 23.5 Å². The van der Waals surface area contributed by atoms with Crippen LogP contribution in [0.4, 0.5) is 0 Å². The minimum Gasteiger partial charge on any atom is -0.314 e. The smallest absolute Gasteiger partial charge is 0.00701 e. The van der Waals surface area contributed by atoms with Crippen LogP contribution in [-0.4, -0.2) is 12.6 Å². The van der Waals surface area contributed by atoms with Crippen LogP contribution in [0.15, 0.2) is 23.8 Å². The first kappa shape index (κ1) is 10.6. The summed E-state index contributed by atoms with van der Waals surface area (Å²) in [5.41, 5.74) is 1.73. The minimum atomic E-state index is 0.853. The van der Waals surface area contributed by atoms with Crippen molar-refractivity contribution < 1.29 is 0 Å². The van der Waals surface area contributed by atoms with E-state index in [4.69, 9.17) is 0 Å². The predicted molar refractivity (Wildman–Crippen MR) is 68.3 cm³/mol. The average molecular weight is 217 g/mol. The fraction of sp³-hybridized carbons (Fsp3) is 0.733. The van der Waals surface area contributed by atoms with Gasteiger partial charge >= 0.3 is 0 Å². The largest absolute Gasteiger partial charge is 0.314 e. The fourth-order valence-electron chi connectivity index (χ4n) is 3.55. The van der Waals surface area contributed by atoms with Gasteiger partial charge in [-0.3, -0.25) is 0 Å². The van der Waals surface area contributed by atoms with Crippen LogP contribution in [0.25, 0.3) is 0 Å². The van der Waals surface area contributed by atoms with Crippen molar-refractivity contribution in [2.45, 2.75) is 51.0 Å². The van der Waals surface area contributed by atoms with E-state index in [1.165, 1.54) is 51.5 Å². The van der Waals surface area contributed by atoms with E-state index in [-0.39, 0.29) is 0 Å². The van der Waals surface area contributed by atoms with E-state index in [0.29, 0.717) is 0 Å². The zero-order valence-electron chi connectivity index (χ0n) is 10.1. The summed E-state index contributed by atoms with van der Waals surface area (Å²) in [4.78, 5) is 0. The Bertz CT molecular complexity index is 291. The van der Waals surface area contributed by atoms with Gasteiger partial charge in [0.2, 0.25) is 0 Å². The SMILES string of the molecule is C1=CCCC(C2CC(CC3CCCN3)C2)=C1. The molecule has 1 heteroatoms. The van der Waals surface area contributed by atoms with Crippen molar-refractivity contribution >= 4 is 0 Å². The van der Waals surface area contributed by atoms with Crippen LogP contribution in [0.5, 0.6) is 0 Å². The fourth-order valence-corrected chi connectivity index (χ4v) is 3.55. The van der Waals surface area contributed by atoms with E-state index in [0.717, 1.165) is 17.9 Å². The van der Waals surface area contributed by atoms with Crippen molar-refractivity contribution in [3.05, 3.63) is 23.8 Å².